The van der Waals surface area contributed by atoms with Gasteiger partial charge in [0.2, 0.25) is 5.91 Å². The second-order valence-electron chi connectivity index (χ2n) is 6.32. The molecule has 1 aromatic rings. The van der Waals surface area contributed by atoms with Gasteiger partial charge in [-0.3, -0.25) is 14.7 Å². The lowest BCUT2D eigenvalue weighted by atomic mass is 9.95. The number of rotatable bonds is 6. The van der Waals surface area contributed by atoms with Crippen molar-refractivity contribution < 1.29 is 14.0 Å². The fourth-order valence-corrected chi connectivity index (χ4v) is 3.02. The first kappa shape index (κ1) is 20.4. The minimum atomic E-state index is -0.369. The topological polar surface area (TPSA) is 85.8 Å². The Morgan fingerprint density at radius 1 is 1.31 bits per heavy atom. The van der Waals surface area contributed by atoms with E-state index in [1.807, 2.05) is 12.1 Å². The van der Waals surface area contributed by atoms with Crippen LogP contribution in [0.25, 0.3) is 0 Å². The fourth-order valence-electron chi connectivity index (χ4n) is 3.02. The van der Waals surface area contributed by atoms with E-state index < -0.39 is 0 Å². The number of hydrogen-bond donors (Lipinski definition) is 3. The van der Waals surface area contributed by atoms with E-state index in [1.54, 1.807) is 13.1 Å². The van der Waals surface area contributed by atoms with Crippen LogP contribution in [-0.2, 0) is 10.2 Å². The van der Waals surface area contributed by atoms with Gasteiger partial charge in [0.15, 0.2) is 5.96 Å². The molecule has 2 aliphatic rings. The maximum absolute atomic E-state index is 14.0. The highest BCUT2D eigenvalue weighted by Gasteiger charge is 2.45. The summed E-state index contributed by atoms with van der Waals surface area (Å²) in [6, 6.07) is 6.49. The molecule has 142 valence electrons. The van der Waals surface area contributed by atoms with E-state index in [1.165, 1.54) is 11.0 Å². The normalized spacial score (nSPS) is 18.2. The third-order valence-corrected chi connectivity index (χ3v) is 4.68. The van der Waals surface area contributed by atoms with Gasteiger partial charge >= 0.3 is 6.03 Å². The molecule has 3 N–H and O–H groups in total. The van der Waals surface area contributed by atoms with Crippen LogP contribution >= 0.6 is 24.0 Å². The van der Waals surface area contributed by atoms with Crippen LogP contribution in [0.4, 0.5) is 9.18 Å². The summed E-state index contributed by atoms with van der Waals surface area (Å²) >= 11 is 0. The smallest absolute Gasteiger partial charge is 0.324 e. The van der Waals surface area contributed by atoms with Crippen molar-refractivity contribution in [2.75, 3.05) is 33.2 Å². The zero-order chi connectivity index (χ0) is 17.9. The maximum Gasteiger partial charge on any atom is 0.324 e. The van der Waals surface area contributed by atoms with Crippen molar-refractivity contribution in [3.8, 4) is 0 Å². The molecule has 1 saturated heterocycles. The summed E-state index contributed by atoms with van der Waals surface area (Å²) in [5, 5.41) is 8.77. The fraction of sp³-hybridized carbons (Fsp3) is 0.471. The number of carbonyl (C=O) groups excluding carboxylic acids is 2. The summed E-state index contributed by atoms with van der Waals surface area (Å²) in [5.74, 6) is 0.157. The van der Waals surface area contributed by atoms with Crippen LogP contribution in [0, 0.1) is 5.82 Å². The molecule has 26 heavy (non-hydrogen) atoms. The first-order valence-corrected chi connectivity index (χ1v) is 8.33. The largest absolute Gasteiger partial charge is 0.356 e. The molecule has 0 aromatic heterocycles. The number of amides is 3. The van der Waals surface area contributed by atoms with Gasteiger partial charge in [-0.25, -0.2) is 9.18 Å². The second-order valence-corrected chi connectivity index (χ2v) is 6.32. The summed E-state index contributed by atoms with van der Waals surface area (Å²) in [6.45, 7) is 1.29. The second kappa shape index (κ2) is 8.65. The van der Waals surface area contributed by atoms with Gasteiger partial charge in [-0.05, 0) is 24.5 Å². The SMILES string of the molecule is CN=C(NCCN1C(=O)CNC1=O)NCC1(c2ccccc2F)CC1.I. The third-order valence-electron chi connectivity index (χ3n) is 4.68. The monoisotopic (exact) mass is 475 g/mol. The van der Waals surface area contributed by atoms with Crippen molar-refractivity contribution in [3.63, 3.8) is 0 Å². The van der Waals surface area contributed by atoms with Crippen LogP contribution in [0.15, 0.2) is 29.3 Å². The zero-order valence-corrected chi connectivity index (χ0v) is 16.9. The minimum Gasteiger partial charge on any atom is -0.356 e. The Hall–Kier alpha value is -1.91. The molecule has 0 bridgehead atoms. The molecular weight excluding hydrogens is 452 g/mol. The summed E-state index contributed by atoms with van der Waals surface area (Å²) in [4.78, 5) is 28.3. The van der Waals surface area contributed by atoms with E-state index >= 15 is 0 Å². The van der Waals surface area contributed by atoms with Crippen LogP contribution in [-0.4, -0.2) is 56.0 Å². The Balaban J connectivity index is 0.00000243. The number of urea groups is 1. The Labute approximate surface area is 168 Å². The molecule has 0 unspecified atom stereocenters. The van der Waals surface area contributed by atoms with Crippen molar-refractivity contribution in [3.05, 3.63) is 35.6 Å². The third kappa shape index (κ3) is 4.43. The van der Waals surface area contributed by atoms with Crippen LogP contribution in [0.3, 0.4) is 0 Å². The van der Waals surface area contributed by atoms with E-state index in [2.05, 4.69) is 20.9 Å². The van der Waals surface area contributed by atoms with Gasteiger partial charge < -0.3 is 16.0 Å². The van der Waals surface area contributed by atoms with E-state index in [-0.39, 0.29) is 60.2 Å². The first-order valence-electron chi connectivity index (χ1n) is 8.33. The van der Waals surface area contributed by atoms with Crippen molar-refractivity contribution in [1.82, 2.24) is 20.9 Å². The lowest BCUT2D eigenvalue weighted by molar-refractivity contribution is -0.124. The first-order chi connectivity index (χ1) is 12.1. The lowest BCUT2D eigenvalue weighted by Crippen LogP contribution is -2.45. The maximum atomic E-state index is 14.0. The summed E-state index contributed by atoms with van der Waals surface area (Å²) in [5.41, 5.74) is 0.547. The Morgan fingerprint density at radius 2 is 2.04 bits per heavy atom. The molecule has 9 heteroatoms. The molecule has 1 saturated carbocycles. The highest BCUT2D eigenvalue weighted by molar-refractivity contribution is 14.0. The van der Waals surface area contributed by atoms with Crippen LogP contribution in [0.2, 0.25) is 0 Å². The van der Waals surface area contributed by atoms with Gasteiger partial charge in [-0.1, -0.05) is 18.2 Å². The number of carbonyl (C=O) groups is 2. The Bertz CT molecular complexity index is 692. The molecule has 0 spiro atoms. The highest BCUT2D eigenvalue weighted by atomic mass is 127. The lowest BCUT2D eigenvalue weighted by Gasteiger charge is -2.20. The average Bonchev–Trinajstić information content (AvgIpc) is 3.33. The number of halogens is 2. The summed E-state index contributed by atoms with van der Waals surface area (Å²) < 4.78 is 14.0. The summed E-state index contributed by atoms with van der Waals surface area (Å²) in [7, 11) is 1.64. The number of hydrogen-bond acceptors (Lipinski definition) is 3. The van der Waals surface area contributed by atoms with E-state index in [0.29, 0.717) is 19.0 Å². The Kier molecular flexibility index (Phi) is 6.79. The van der Waals surface area contributed by atoms with E-state index in [4.69, 9.17) is 0 Å². The van der Waals surface area contributed by atoms with Crippen LogP contribution in [0.5, 0.6) is 0 Å². The van der Waals surface area contributed by atoms with Gasteiger partial charge in [-0.15, -0.1) is 24.0 Å². The summed E-state index contributed by atoms with van der Waals surface area (Å²) in [6.07, 6.45) is 1.86. The van der Waals surface area contributed by atoms with Gasteiger partial charge in [0.05, 0.1) is 6.54 Å². The zero-order valence-electron chi connectivity index (χ0n) is 14.5. The molecule has 0 atom stereocenters. The van der Waals surface area contributed by atoms with Crippen molar-refractivity contribution in [1.29, 1.82) is 0 Å². The number of imide groups is 1. The molecule has 1 aromatic carbocycles. The molecule has 2 fully saturated rings. The number of nitrogens with zero attached hydrogens (tertiary/aromatic N) is 2. The van der Waals surface area contributed by atoms with Gasteiger partial charge in [0, 0.05) is 32.1 Å². The number of guanidine groups is 1. The van der Waals surface area contributed by atoms with Gasteiger partial charge in [-0.2, -0.15) is 0 Å². The molecular formula is C17H23FIN5O2. The number of aliphatic imine (C=N–C) groups is 1. The molecule has 7 nitrogen and oxygen atoms in total. The quantitative estimate of drug-likeness (QED) is 0.250. The number of nitrogens with one attached hydrogen (secondary N) is 3. The Morgan fingerprint density at radius 3 is 2.62 bits per heavy atom. The van der Waals surface area contributed by atoms with Crippen LogP contribution in [0.1, 0.15) is 18.4 Å². The highest BCUT2D eigenvalue weighted by Crippen LogP contribution is 2.48. The van der Waals surface area contributed by atoms with E-state index in [9.17, 15) is 14.0 Å². The van der Waals surface area contributed by atoms with Gasteiger partial charge in [0.1, 0.15) is 5.82 Å². The molecule has 1 aliphatic heterocycles. The average molecular weight is 475 g/mol. The van der Waals surface area contributed by atoms with Crippen LogP contribution < -0.4 is 16.0 Å². The number of benzene rings is 1. The van der Waals surface area contributed by atoms with E-state index in [0.717, 1.165) is 18.4 Å². The molecule has 3 amide bonds. The predicted octanol–water partition coefficient (Wildman–Crippen LogP) is 1.19. The molecule has 3 rings (SSSR count). The van der Waals surface area contributed by atoms with Gasteiger partial charge in [0.25, 0.3) is 0 Å². The van der Waals surface area contributed by atoms with Crippen molar-refractivity contribution >= 4 is 41.9 Å². The molecule has 1 heterocycles. The van der Waals surface area contributed by atoms with Crippen molar-refractivity contribution in [2.24, 2.45) is 4.99 Å². The standard InChI is InChI=1S/C17H22FN5O2.HI/c1-19-15(20-8-9-23-14(24)10-21-16(23)25)22-11-17(6-7-17)12-4-2-3-5-13(12)18;/h2-5H,6-11H2,1H3,(H,21,25)(H2,19,20,22);1H. The van der Waals surface area contributed by atoms with Crippen molar-refractivity contribution in [2.45, 2.75) is 18.3 Å². The molecule has 0 radical (unpaired) electrons. The molecule has 1 aliphatic carbocycles. The minimum absolute atomic E-state index is 0. The predicted molar refractivity (Wildman–Crippen MR) is 107 cm³/mol.